The summed E-state index contributed by atoms with van der Waals surface area (Å²) < 4.78 is 22.1. The zero-order valence-electron chi connectivity index (χ0n) is 21.4. The average Bonchev–Trinajstić information content (AvgIpc) is 2.86. The van der Waals surface area contributed by atoms with E-state index in [2.05, 4.69) is 13.8 Å². The number of hydrogen-bond donors (Lipinski definition) is 0. The van der Waals surface area contributed by atoms with Crippen LogP contribution >= 0.6 is 0 Å². The van der Waals surface area contributed by atoms with E-state index in [1.165, 1.54) is 25.7 Å². The van der Waals surface area contributed by atoms with Crippen molar-refractivity contribution in [2.75, 3.05) is 19.8 Å². The SMILES string of the molecule is CCCCCCCOc1ccc(C(=O)Oc2ccc(C(=O)OC(C)COCCCCC)cc2)cc1. The molecule has 0 spiro atoms. The molecule has 0 saturated heterocycles. The van der Waals surface area contributed by atoms with Crippen molar-refractivity contribution in [1.29, 1.82) is 0 Å². The van der Waals surface area contributed by atoms with E-state index in [9.17, 15) is 9.59 Å². The topological polar surface area (TPSA) is 71.1 Å². The second-order valence-corrected chi connectivity index (χ2v) is 8.70. The van der Waals surface area contributed by atoms with Gasteiger partial charge in [-0.25, -0.2) is 9.59 Å². The molecule has 0 aliphatic rings. The van der Waals surface area contributed by atoms with Crippen LogP contribution in [-0.4, -0.2) is 37.9 Å². The summed E-state index contributed by atoms with van der Waals surface area (Å²) in [4.78, 5) is 24.8. The molecule has 1 unspecified atom stereocenters. The quantitative estimate of drug-likeness (QED) is 0.137. The Morgan fingerprint density at radius 1 is 0.686 bits per heavy atom. The van der Waals surface area contributed by atoms with Crippen molar-refractivity contribution < 1.29 is 28.5 Å². The van der Waals surface area contributed by atoms with Gasteiger partial charge in [0, 0.05) is 6.61 Å². The lowest BCUT2D eigenvalue weighted by Gasteiger charge is -2.14. The van der Waals surface area contributed by atoms with Crippen LogP contribution in [0.1, 0.15) is 92.9 Å². The van der Waals surface area contributed by atoms with Crippen LogP contribution in [0.4, 0.5) is 0 Å². The van der Waals surface area contributed by atoms with E-state index in [0.29, 0.717) is 36.7 Å². The molecule has 6 nitrogen and oxygen atoms in total. The predicted octanol–water partition coefficient (Wildman–Crippen LogP) is 7.01. The Morgan fingerprint density at radius 2 is 1.23 bits per heavy atom. The lowest BCUT2D eigenvalue weighted by molar-refractivity contribution is 0.00156. The molecule has 0 fully saturated rings. The van der Waals surface area contributed by atoms with Crippen molar-refractivity contribution in [1.82, 2.24) is 0 Å². The molecule has 0 heterocycles. The van der Waals surface area contributed by atoms with Gasteiger partial charge in [-0.3, -0.25) is 0 Å². The van der Waals surface area contributed by atoms with Crippen molar-refractivity contribution in [3.63, 3.8) is 0 Å². The first-order valence-electron chi connectivity index (χ1n) is 12.9. The largest absolute Gasteiger partial charge is 0.494 e. The van der Waals surface area contributed by atoms with E-state index in [1.54, 1.807) is 55.5 Å². The summed E-state index contributed by atoms with van der Waals surface area (Å²) in [5.41, 5.74) is 0.815. The minimum absolute atomic E-state index is 0.338. The number of benzene rings is 2. The molecular weight excluding hydrogens is 444 g/mol. The molecule has 6 heteroatoms. The number of ether oxygens (including phenoxy) is 4. The molecule has 0 aromatic heterocycles. The smallest absolute Gasteiger partial charge is 0.343 e. The second kappa shape index (κ2) is 16.7. The summed E-state index contributed by atoms with van der Waals surface area (Å²) in [7, 11) is 0. The van der Waals surface area contributed by atoms with Crippen molar-refractivity contribution >= 4 is 11.9 Å². The van der Waals surface area contributed by atoms with Crippen LogP contribution in [0, 0.1) is 0 Å². The van der Waals surface area contributed by atoms with Gasteiger partial charge in [0.1, 0.15) is 17.6 Å². The Morgan fingerprint density at radius 3 is 1.89 bits per heavy atom. The Labute approximate surface area is 209 Å². The van der Waals surface area contributed by atoms with Gasteiger partial charge in [-0.1, -0.05) is 52.4 Å². The van der Waals surface area contributed by atoms with Gasteiger partial charge >= 0.3 is 11.9 Å². The van der Waals surface area contributed by atoms with E-state index in [4.69, 9.17) is 18.9 Å². The van der Waals surface area contributed by atoms with Gasteiger partial charge in [-0.2, -0.15) is 0 Å². The highest BCUT2D eigenvalue weighted by Gasteiger charge is 2.14. The van der Waals surface area contributed by atoms with Crippen LogP contribution in [0.2, 0.25) is 0 Å². The van der Waals surface area contributed by atoms with Gasteiger partial charge in [-0.15, -0.1) is 0 Å². The zero-order valence-corrected chi connectivity index (χ0v) is 21.4. The third-order valence-electron chi connectivity index (χ3n) is 5.46. The summed E-state index contributed by atoms with van der Waals surface area (Å²) >= 11 is 0. The van der Waals surface area contributed by atoms with Crippen LogP contribution in [0.5, 0.6) is 11.5 Å². The fourth-order valence-electron chi connectivity index (χ4n) is 3.40. The van der Waals surface area contributed by atoms with Crippen molar-refractivity contribution in [3.05, 3.63) is 59.7 Å². The second-order valence-electron chi connectivity index (χ2n) is 8.70. The molecule has 192 valence electrons. The number of rotatable bonds is 17. The van der Waals surface area contributed by atoms with Crippen LogP contribution in [0.25, 0.3) is 0 Å². The van der Waals surface area contributed by atoms with Crippen LogP contribution in [-0.2, 0) is 9.47 Å². The van der Waals surface area contributed by atoms with Gasteiger partial charge in [0.15, 0.2) is 0 Å². The average molecular weight is 485 g/mol. The summed E-state index contributed by atoms with van der Waals surface area (Å²) in [6.45, 7) is 7.85. The van der Waals surface area contributed by atoms with E-state index >= 15 is 0 Å². The Bertz CT molecular complexity index is 860. The fraction of sp³-hybridized carbons (Fsp3) is 0.517. The molecule has 35 heavy (non-hydrogen) atoms. The van der Waals surface area contributed by atoms with Crippen LogP contribution < -0.4 is 9.47 Å². The van der Waals surface area contributed by atoms with E-state index < -0.39 is 11.9 Å². The van der Waals surface area contributed by atoms with Crippen molar-refractivity contribution in [2.45, 2.75) is 78.2 Å². The number of hydrogen-bond acceptors (Lipinski definition) is 6. The van der Waals surface area contributed by atoms with E-state index in [1.807, 2.05) is 0 Å². The number of esters is 2. The van der Waals surface area contributed by atoms with E-state index in [0.717, 1.165) is 31.4 Å². The molecule has 0 saturated carbocycles. The summed E-state index contributed by atoms with van der Waals surface area (Å²) in [6.07, 6.45) is 8.86. The Kier molecular flexibility index (Phi) is 13.6. The molecule has 0 amide bonds. The molecule has 2 aromatic rings. The first-order chi connectivity index (χ1) is 17.0. The maximum Gasteiger partial charge on any atom is 0.343 e. The molecule has 2 rings (SSSR count). The van der Waals surface area contributed by atoms with Gasteiger partial charge < -0.3 is 18.9 Å². The highest BCUT2D eigenvalue weighted by molar-refractivity contribution is 5.92. The van der Waals surface area contributed by atoms with Crippen LogP contribution in [0.15, 0.2) is 48.5 Å². The van der Waals surface area contributed by atoms with E-state index in [-0.39, 0.29) is 6.10 Å². The number of carbonyl (C=O) groups is 2. The summed E-state index contributed by atoms with van der Waals surface area (Å²) in [5.74, 6) is 0.181. The van der Waals surface area contributed by atoms with Crippen LogP contribution in [0.3, 0.4) is 0 Å². The van der Waals surface area contributed by atoms with Crippen molar-refractivity contribution in [2.24, 2.45) is 0 Å². The highest BCUT2D eigenvalue weighted by atomic mass is 16.6. The third-order valence-corrected chi connectivity index (χ3v) is 5.46. The summed E-state index contributed by atoms with van der Waals surface area (Å²) in [5, 5.41) is 0. The number of carbonyl (C=O) groups excluding carboxylic acids is 2. The molecule has 0 aliphatic heterocycles. The van der Waals surface area contributed by atoms with Gasteiger partial charge in [-0.05, 0) is 68.3 Å². The maximum absolute atomic E-state index is 12.4. The fourth-order valence-corrected chi connectivity index (χ4v) is 3.40. The van der Waals surface area contributed by atoms with Gasteiger partial charge in [0.2, 0.25) is 0 Å². The zero-order chi connectivity index (χ0) is 25.3. The molecule has 2 aromatic carbocycles. The molecular formula is C29H40O6. The third kappa shape index (κ3) is 11.4. The molecule has 0 aliphatic carbocycles. The highest BCUT2D eigenvalue weighted by Crippen LogP contribution is 2.18. The Hall–Kier alpha value is -2.86. The standard InChI is InChI=1S/C29H40O6/c1-4-6-8-9-11-21-33-26-16-12-25(13-17-26)29(31)35-27-18-14-24(15-19-27)28(30)34-23(3)22-32-20-10-7-5-2/h12-19,23H,4-11,20-22H2,1-3H3. The minimum atomic E-state index is -0.472. The summed E-state index contributed by atoms with van der Waals surface area (Å²) in [6, 6.07) is 13.2. The minimum Gasteiger partial charge on any atom is -0.494 e. The van der Waals surface area contributed by atoms with Gasteiger partial charge in [0.25, 0.3) is 0 Å². The molecule has 0 N–H and O–H groups in total. The lowest BCUT2D eigenvalue weighted by Crippen LogP contribution is -2.20. The molecule has 1 atom stereocenters. The molecule has 0 radical (unpaired) electrons. The first-order valence-corrected chi connectivity index (χ1v) is 12.9. The molecule has 0 bridgehead atoms. The lowest BCUT2D eigenvalue weighted by atomic mass is 10.2. The first kappa shape index (κ1) is 28.4. The monoisotopic (exact) mass is 484 g/mol. The maximum atomic E-state index is 12.4. The van der Waals surface area contributed by atoms with Crippen molar-refractivity contribution in [3.8, 4) is 11.5 Å². The van der Waals surface area contributed by atoms with Gasteiger partial charge in [0.05, 0.1) is 24.3 Å². The predicted molar refractivity (Wildman–Crippen MR) is 137 cm³/mol. The number of unbranched alkanes of at least 4 members (excludes halogenated alkanes) is 6. The normalized spacial score (nSPS) is 11.6. The Balaban J connectivity index is 1.74.